The number of esters is 2. The molecule has 504 valence electrons. The molecule has 0 saturated heterocycles. The zero-order valence-corrected chi connectivity index (χ0v) is 57.2. The van der Waals surface area contributed by atoms with Crippen molar-refractivity contribution >= 4 is 105 Å². The number of hydrogen-bond acceptors (Lipinski definition) is 8. The van der Waals surface area contributed by atoms with Crippen LogP contribution in [0.2, 0.25) is 0 Å². The third kappa shape index (κ3) is 12.6. The molecule has 0 saturated carbocycles. The van der Waals surface area contributed by atoms with Crippen LogP contribution in [0.5, 0.6) is 0 Å². The van der Waals surface area contributed by atoms with Gasteiger partial charge in [0.25, 0.3) is 0 Å². The molecule has 10 heterocycles. The summed E-state index contributed by atoms with van der Waals surface area (Å²) in [4.78, 5) is 63.7. The lowest BCUT2D eigenvalue weighted by Gasteiger charge is -2.08. The summed E-state index contributed by atoms with van der Waals surface area (Å²) in [6.45, 7) is -0.0745. The van der Waals surface area contributed by atoms with Crippen LogP contribution >= 0.6 is 0 Å². The Labute approximate surface area is 610 Å². The lowest BCUT2D eigenvalue weighted by molar-refractivity contribution is -0.141. The zero-order valence-electron chi connectivity index (χ0n) is 57.2. The minimum atomic E-state index is -0.690. The SMILES string of the molecule is O=C(/C=C\C(=O)OCc1ccc(-c2c3nc(c(-c4ccccc4)c4ccc([nH]4)c(-c4ccccc4)c4nc(c(-c5ccccc5)c5ccc2[nH]5)C=C4)C=C3)cc1)OCc1ccc(-c2c3nc(c(-c4ccccc4)c4ccc([nH]4)c(-c4ccccc4)c4nc(c(-c5ccccc5)c5ccc2[nH]5)C=C4)C=C3)cc1. The van der Waals surface area contributed by atoms with Gasteiger partial charge in [-0.15, -0.1) is 0 Å². The van der Waals surface area contributed by atoms with Crippen LogP contribution in [0.4, 0.5) is 0 Å². The molecular weight excluding hydrogens is 1310 g/mol. The van der Waals surface area contributed by atoms with Gasteiger partial charge in [0, 0.05) is 101 Å². The summed E-state index contributed by atoms with van der Waals surface area (Å²) in [5.74, 6) is -1.38. The largest absolute Gasteiger partial charge is 0.458 e. The number of fused-ring (bicyclic) bond motifs is 16. The van der Waals surface area contributed by atoms with E-state index in [-0.39, 0.29) is 13.2 Å². The topological polar surface area (TPSA) is 167 Å². The summed E-state index contributed by atoms with van der Waals surface area (Å²) in [5.41, 5.74) is 30.6. The fraction of sp³-hybridized carbons (Fsp3) is 0.0213. The number of aromatic nitrogens is 8. The molecule has 4 aliphatic rings. The normalized spacial score (nSPS) is 12.1. The van der Waals surface area contributed by atoms with Gasteiger partial charge in [-0.3, -0.25) is 0 Å². The molecule has 0 amide bonds. The van der Waals surface area contributed by atoms with E-state index in [0.717, 1.165) is 202 Å². The highest BCUT2D eigenvalue weighted by atomic mass is 16.5. The average molecular weight is 1370 g/mol. The van der Waals surface area contributed by atoms with Gasteiger partial charge in [0.1, 0.15) is 13.2 Å². The van der Waals surface area contributed by atoms with E-state index >= 15 is 0 Å². The summed E-state index contributed by atoms with van der Waals surface area (Å²) >= 11 is 0. The summed E-state index contributed by atoms with van der Waals surface area (Å²) < 4.78 is 11.4. The lowest BCUT2D eigenvalue weighted by Crippen LogP contribution is -2.05. The van der Waals surface area contributed by atoms with Gasteiger partial charge in [-0.1, -0.05) is 231 Å². The van der Waals surface area contributed by atoms with E-state index in [2.05, 4.69) is 214 Å². The predicted molar refractivity (Wildman–Crippen MR) is 430 cm³/mol. The molecule has 106 heavy (non-hydrogen) atoms. The van der Waals surface area contributed by atoms with Crippen molar-refractivity contribution < 1.29 is 19.1 Å². The Morgan fingerprint density at radius 2 is 0.396 bits per heavy atom. The minimum absolute atomic E-state index is 0.0372. The molecule has 16 bridgehead atoms. The first-order chi connectivity index (χ1) is 52.3. The van der Waals surface area contributed by atoms with Crippen LogP contribution < -0.4 is 0 Å². The van der Waals surface area contributed by atoms with E-state index in [1.807, 2.05) is 133 Å². The fourth-order valence-electron chi connectivity index (χ4n) is 14.5. The maximum absolute atomic E-state index is 13.3. The number of aromatic amines is 4. The second kappa shape index (κ2) is 27.9. The average Bonchev–Trinajstić information content (AvgIpc) is 1.62. The Kier molecular flexibility index (Phi) is 16.8. The molecule has 0 aliphatic carbocycles. The number of ether oxygens (including phenoxy) is 2. The number of carbonyl (C=O) groups excluding carboxylic acids is 2. The molecule has 14 aromatic rings. The Hall–Kier alpha value is -14.4. The van der Waals surface area contributed by atoms with Crippen LogP contribution in [0.1, 0.15) is 56.7 Å². The standard InChI is InChI=1S/C94H64N8O4/c103-85(105-57-59-31-35-67(36-32-59)93-81-51-47-77(99-81)89(63-23-11-3-12-24-63)73-43-39-69(95-73)87(61-19-7-1-8-20-61)70-40-44-74(96-70)90(64-25-13-4-14-26-64)78-48-52-82(93)100-78)55-56-86(104)106-58-60-33-37-68(38-34-60)94-83-53-49-79(101-83)91(65-27-15-5-16-28-65)75-45-41-71(97-75)88(62-21-9-2-10-22-62)72-42-46-76(98-72)92(66-29-17-6-18-30-66)80-50-54-84(94)102-80/h1-56,95,97,100,102H,57-58H2/b56-55-,87-69?,87-70?,88-71?,88-72?,89-73?,89-77?,90-74?,90-78?,91-75?,91-79?,92-76?,92-80?,93-81?,93-82?,94-83?,94-84?. The molecule has 4 aliphatic heterocycles. The summed E-state index contributed by atoms with van der Waals surface area (Å²) in [7, 11) is 0. The first-order valence-corrected chi connectivity index (χ1v) is 35.2. The third-order valence-corrected chi connectivity index (χ3v) is 19.5. The van der Waals surface area contributed by atoms with Crippen LogP contribution in [-0.2, 0) is 32.3 Å². The third-order valence-electron chi connectivity index (χ3n) is 19.5. The fourth-order valence-corrected chi connectivity index (χ4v) is 14.5. The van der Waals surface area contributed by atoms with Crippen molar-refractivity contribution in [3.8, 4) is 89.0 Å². The van der Waals surface area contributed by atoms with Crippen molar-refractivity contribution in [2.75, 3.05) is 0 Å². The number of nitrogens with one attached hydrogen (secondary N) is 4. The molecule has 18 rings (SSSR count). The highest BCUT2D eigenvalue weighted by Crippen LogP contribution is 2.42. The van der Waals surface area contributed by atoms with Gasteiger partial charge >= 0.3 is 11.9 Å². The maximum Gasteiger partial charge on any atom is 0.331 e. The highest BCUT2D eigenvalue weighted by molar-refractivity contribution is 6.03. The Morgan fingerprint density at radius 3 is 0.575 bits per heavy atom. The van der Waals surface area contributed by atoms with Gasteiger partial charge in [0.05, 0.1) is 45.6 Å². The van der Waals surface area contributed by atoms with Crippen molar-refractivity contribution in [2.24, 2.45) is 0 Å². The maximum atomic E-state index is 13.3. The Balaban J connectivity index is 0.624. The van der Waals surface area contributed by atoms with Gasteiger partial charge < -0.3 is 29.4 Å². The van der Waals surface area contributed by atoms with Gasteiger partial charge in [0.15, 0.2) is 0 Å². The van der Waals surface area contributed by atoms with Crippen LogP contribution in [0.15, 0.2) is 291 Å². The van der Waals surface area contributed by atoms with Gasteiger partial charge in [-0.05, 0) is 153 Å². The van der Waals surface area contributed by atoms with Gasteiger partial charge in [-0.25, -0.2) is 29.5 Å². The molecule has 0 fully saturated rings. The number of benzene rings is 8. The van der Waals surface area contributed by atoms with Gasteiger partial charge in [0.2, 0.25) is 0 Å². The lowest BCUT2D eigenvalue weighted by atomic mass is 10.0. The molecule has 12 heteroatoms. The summed E-state index contributed by atoms with van der Waals surface area (Å²) in [6, 6.07) is 94.9. The molecule has 8 aromatic carbocycles. The number of nitrogens with zero attached hydrogens (tertiary/aromatic N) is 4. The molecule has 0 atom stereocenters. The number of rotatable bonds is 14. The Morgan fingerprint density at radius 1 is 0.226 bits per heavy atom. The number of H-pyrrole nitrogens is 4. The van der Waals surface area contributed by atoms with Crippen molar-refractivity contribution in [1.82, 2.24) is 39.9 Å². The molecule has 0 radical (unpaired) electrons. The number of hydrogen-bond donors (Lipinski definition) is 4. The number of carbonyl (C=O) groups is 2. The molecule has 0 unspecified atom stereocenters. The van der Waals surface area contributed by atoms with Crippen LogP contribution in [0.3, 0.4) is 0 Å². The van der Waals surface area contributed by atoms with Gasteiger partial charge in [-0.2, -0.15) is 0 Å². The van der Waals surface area contributed by atoms with E-state index in [0.29, 0.717) is 0 Å². The van der Waals surface area contributed by atoms with E-state index in [9.17, 15) is 9.59 Å². The zero-order chi connectivity index (χ0) is 70.9. The molecule has 0 spiro atoms. The van der Waals surface area contributed by atoms with Crippen molar-refractivity contribution in [2.45, 2.75) is 13.2 Å². The summed E-state index contributed by atoms with van der Waals surface area (Å²) in [5, 5.41) is 0. The van der Waals surface area contributed by atoms with Crippen LogP contribution in [0.25, 0.3) is 182 Å². The van der Waals surface area contributed by atoms with Crippen LogP contribution in [0, 0.1) is 0 Å². The quantitative estimate of drug-likeness (QED) is 0.0616. The molecule has 4 N–H and O–H groups in total. The van der Waals surface area contributed by atoms with E-state index in [4.69, 9.17) is 29.4 Å². The van der Waals surface area contributed by atoms with Crippen molar-refractivity contribution in [1.29, 1.82) is 0 Å². The predicted octanol–water partition coefficient (Wildman–Crippen LogP) is 22.3. The van der Waals surface area contributed by atoms with Crippen LogP contribution in [-0.4, -0.2) is 51.8 Å². The first-order valence-electron chi connectivity index (χ1n) is 35.2. The van der Waals surface area contributed by atoms with Crippen molar-refractivity contribution in [3.63, 3.8) is 0 Å². The van der Waals surface area contributed by atoms with E-state index < -0.39 is 11.9 Å². The second-order valence-corrected chi connectivity index (χ2v) is 26.1. The van der Waals surface area contributed by atoms with Crippen molar-refractivity contribution in [3.05, 3.63) is 348 Å². The minimum Gasteiger partial charge on any atom is -0.458 e. The smallest absolute Gasteiger partial charge is 0.331 e. The first kappa shape index (κ1) is 63.8. The molecule has 6 aromatic heterocycles. The van der Waals surface area contributed by atoms with E-state index in [1.54, 1.807) is 0 Å². The summed E-state index contributed by atoms with van der Waals surface area (Å²) in [6.07, 6.45) is 18.9. The Bertz CT molecular complexity index is 5850. The molecule has 12 nitrogen and oxygen atoms in total. The second-order valence-electron chi connectivity index (χ2n) is 26.1. The molecular formula is C94H64N8O4. The highest BCUT2D eigenvalue weighted by Gasteiger charge is 2.23. The monoisotopic (exact) mass is 1370 g/mol. The van der Waals surface area contributed by atoms with E-state index in [1.165, 1.54) is 0 Å².